The Labute approximate surface area is 218 Å². The predicted octanol–water partition coefficient (Wildman–Crippen LogP) is 3.09. The van der Waals surface area contributed by atoms with Crippen molar-refractivity contribution >= 4 is 35.5 Å². The number of amides is 3. The van der Waals surface area contributed by atoms with Gasteiger partial charge in [0.25, 0.3) is 11.8 Å². The first-order valence-electron chi connectivity index (χ1n) is 11.4. The van der Waals surface area contributed by atoms with Gasteiger partial charge in [0.2, 0.25) is 6.41 Å². The Morgan fingerprint density at radius 1 is 1.18 bits per heavy atom. The first-order chi connectivity index (χ1) is 18.0. The van der Waals surface area contributed by atoms with Crippen LogP contribution in [0.4, 0.5) is 23.2 Å². The van der Waals surface area contributed by atoms with E-state index in [9.17, 15) is 31.9 Å². The van der Waals surface area contributed by atoms with E-state index < -0.39 is 24.5 Å². The van der Waals surface area contributed by atoms with Crippen LogP contribution in [0.3, 0.4) is 0 Å². The average molecular weight is 556 g/mol. The van der Waals surface area contributed by atoms with E-state index in [2.05, 4.69) is 15.4 Å². The van der Waals surface area contributed by atoms with Crippen molar-refractivity contribution in [3.8, 4) is 11.3 Å². The van der Waals surface area contributed by atoms with Gasteiger partial charge in [-0.2, -0.15) is 18.3 Å². The number of aromatic nitrogens is 4. The minimum Gasteiger partial charge on any atom is -0.342 e. The zero-order valence-corrected chi connectivity index (χ0v) is 20.8. The number of carbonyl (C=O) groups is 3. The third-order valence-electron chi connectivity index (χ3n) is 6.02. The lowest BCUT2D eigenvalue weighted by Crippen LogP contribution is -2.48. The van der Waals surface area contributed by atoms with Gasteiger partial charge in [0.15, 0.2) is 11.5 Å². The molecule has 1 aliphatic heterocycles. The second kappa shape index (κ2) is 10.8. The highest BCUT2D eigenvalue weighted by atomic mass is 35.5. The number of nitrogens with one attached hydrogen (secondary N) is 1. The molecule has 1 saturated heterocycles. The van der Waals surface area contributed by atoms with Crippen molar-refractivity contribution in [3.63, 3.8) is 0 Å². The molecule has 1 fully saturated rings. The van der Waals surface area contributed by atoms with Gasteiger partial charge in [0.1, 0.15) is 6.67 Å². The van der Waals surface area contributed by atoms with Crippen LogP contribution in [0.15, 0.2) is 30.6 Å². The molecule has 4 rings (SSSR count). The van der Waals surface area contributed by atoms with E-state index in [1.807, 2.05) is 0 Å². The van der Waals surface area contributed by atoms with Crippen molar-refractivity contribution in [2.24, 2.45) is 7.05 Å². The SMILES string of the molecule is Cn1c(-c2cn(CCF)nc2C(F)(F)F)cnc1C(=O)Nc1ccc(C(=O)N2CCN(C=O)CC2)c(Cl)c1. The normalized spacial score (nSPS) is 14.1. The van der Waals surface area contributed by atoms with Gasteiger partial charge in [-0.3, -0.25) is 19.1 Å². The van der Waals surface area contributed by atoms with Gasteiger partial charge in [0, 0.05) is 45.1 Å². The molecule has 3 amide bonds. The van der Waals surface area contributed by atoms with E-state index >= 15 is 0 Å². The summed E-state index contributed by atoms with van der Waals surface area (Å²) in [5.41, 5.74) is -1.16. The number of benzene rings is 1. The van der Waals surface area contributed by atoms with Crippen molar-refractivity contribution in [2.75, 3.05) is 38.2 Å². The number of piperazine rings is 1. The Bertz CT molecular complexity index is 1360. The maximum Gasteiger partial charge on any atom is 0.435 e. The minimum absolute atomic E-state index is 0.0405. The van der Waals surface area contributed by atoms with Crippen LogP contribution in [-0.4, -0.2) is 80.2 Å². The van der Waals surface area contributed by atoms with E-state index in [0.29, 0.717) is 26.2 Å². The van der Waals surface area contributed by atoms with Crippen molar-refractivity contribution in [3.05, 3.63) is 52.7 Å². The molecular formula is C23H22ClF4N7O3. The van der Waals surface area contributed by atoms with Crippen LogP contribution in [0.5, 0.6) is 0 Å². The molecule has 3 aromatic rings. The molecule has 202 valence electrons. The van der Waals surface area contributed by atoms with Crippen molar-refractivity contribution in [2.45, 2.75) is 12.7 Å². The topological polar surface area (TPSA) is 105 Å². The van der Waals surface area contributed by atoms with Crippen molar-refractivity contribution in [1.29, 1.82) is 0 Å². The van der Waals surface area contributed by atoms with Crippen LogP contribution in [0, 0.1) is 0 Å². The lowest BCUT2D eigenvalue weighted by atomic mass is 10.1. The summed E-state index contributed by atoms with van der Waals surface area (Å²) in [6, 6.07) is 4.29. The largest absolute Gasteiger partial charge is 0.435 e. The van der Waals surface area contributed by atoms with Crippen LogP contribution in [0.1, 0.15) is 26.7 Å². The summed E-state index contributed by atoms with van der Waals surface area (Å²) in [7, 11) is 1.36. The molecule has 0 bridgehead atoms. The van der Waals surface area contributed by atoms with Gasteiger partial charge >= 0.3 is 6.18 Å². The average Bonchev–Trinajstić information content (AvgIpc) is 3.47. The number of halogens is 5. The van der Waals surface area contributed by atoms with E-state index in [1.54, 1.807) is 9.80 Å². The molecule has 15 heteroatoms. The molecular weight excluding hydrogens is 534 g/mol. The van der Waals surface area contributed by atoms with Crippen molar-refractivity contribution < 1.29 is 31.9 Å². The number of imidazole rings is 1. The molecule has 38 heavy (non-hydrogen) atoms. The third-order valence-corrected chi connectivity index (χ3v) is 6.33. The molecule has 1 aliphatic rings. The van der Waals surface area contributed by atoms with Crippen LogP contribution < -0.4 is 5.32 Å². The number of rotatable bonds is 7. The summed E-state index contributed by atoms with van der Waals surface area (Å²) in [5, 5.41) is 6.08. The molecule has 10 nitrogen and oxygen atoms in total. The van der Waals surface area contributed by atoms with Gasteiger partial charge in [-0.05, 0) is 18.2 Å². The Hall–Kier alpha value is -3.94. The summed E-state index contributed by atoms with van der Waals surface area (Å²) in [6.45, 7) is 0.276. The number of anilines is 1. The number of carbonyl (C=O) groups excluding carboxylic acids is 3. The van der Waals surface area contributed by atoms with Crippen LogP contribution in [-0.2, 0) is 24.6 Å². The first kappa shape index (κ1) is 27.1. The number of alkyl halides is 4. The van der Waals surface area contributed by atoms with Gasteiger partial charge in [-0.25, -0.2) is 9.37 Å². The molecule has 3 heterocycles. The maximum atomic E-state index is 13.5. The fourth-order valence-electron chi connectivity index (χ4n) is 4.04. The van der Waals surface area contributed by atoms with Gasteiger partial charge in [-0.15, -0.1) is 0 Å². The minimum atomic E-state index is -4.80. The Balaban J connectivity index is 1.51. The summed E-state index contributed by atoms with van der Waals surface area (Å²) < 4.78 is 55.2. The molecule has 0 atom stereocenters. The highest BCUT2D eigenvalue weighted by Gasteiger charge is 2.38. The second-order valence-electron chi connectivity index (χ2n) is 8.45. The highest BCUT2D eigenvalue weighted by Crippen LogP contribution is 2.36. The molecule has 0 unspecified atom stereocenters. The summed E-state index contributed by atoms with van der Waals surface area (Å²) in [5.74, 6) is -1.25. The van der Waals surface area contributed by atoms with Crippen LogP contribution in [0.25, 0.3) is 11.3 Å². The van der Waals surface area contributed by atoms with E-state index in [-0.39, 0.29) is 45.8 Å². The molecule has 0 radical (unpaired) electrons. The third kappa shape index (κ3) is 5.49. The number of hydrogen-bond donors (Lipinski definition) is 1. The zero-order chi connectivity index (χ0) is 27.6. The smallest absolute Gasteiger partial charge is 0.342 e. The standard InChI is InChI=1S/C23H22ClF4N7O3/c1-32-18(16-12-35(5-4-25)31-19(16)23(26,27)28)11-29-20(32)21(37)30-14-2-3-15(17(24)10-14)22(38)34-8-6-33(13-36)7-9-34/h2-3,10-13H,4-9H2,1H3,(H,30,37). The Kier molecular flexibility index (Phi) is 7.71. The zero-order valence-electron chi connectivity index (χ0n) is 20.0. The maximum absolute atomic E-state index is 13.5. The predicted molar refractivity (Wildman–Crippen MR) is 128 cm³/mol. The summed E-state index contributed by atoms with van der Waals surface area (Å²) in [6.07, 6.45) is -1.93. The fourth-order valence-corrected chi connectivity index (χ4v) is 4.31. The van der Waals surface area contributed by atoms with Crippen LogP contribution in [0.2, 0.25) is 5.02 Å². The molecule has 2 aromatic heterocycles. The first-order valence-corrected chi connectivity index (χ1v) is 11.7. The summed E-state index contributed by atoms with van der Waals surface area (Å²) >= 11 is 6.30. The fraction of sp³-hybridized carbons (Fsp3) is 0.348. The second-order valence-corrected chi connectivity index (χ2v) is 8.86. The Morgan fingerprint density at radius 3 is 2.50 bits per heavy atom. The van der Waals surface area contributed by atoms with E-state index in [4.69, 9.17) is 11.6 Å². The number of hydrogen-bond acceptors (Lipinski definition) is 5. The highest BCUT2D eigenvalue weighted by molar-refractivity contribution is 6.34. The molecule has 1 aromatic carbocycles. The number of aryl methyl sites for hydroxylation is 1. The van der Waals surface area contributed by atoms with Gasteiger partial charge in [0.05, 0.1) is 34.6 Å². The molecule has 1 N–H and O–H groups in total. The van der Waals surface area contributed by atoms with E-state index in [1.165, 1.54) is 29.8 Å². The van der Waals surface area contributed by atoms with Crippen LogP contribution >= 0.6 is 11.6 Å². The lowest BCUT2D eigenvalue weighted by Gasteiger charge is -2.32. The molecule has 0 saturated carbocycles. The van der Waals surface area contributed by atoms with Crippen molar-refractivity contribution in [1.82, 2.24) is 29.1 Å². The monoisotopic (exact) mass is 555 g/mol. The molecule has 0 aliphatic carbocycles. The summed E-state index contributed by atoms with van der Waals surface area (Å²) in [4.78, 5) is 43.6. The lowest BCUT2D eigenvalue weighted by molar-refractivity contribution is -0.141. The van der Waals surface area contributed by atoms with E-state index in [0.717, 1.165) is 23.5 Å². The molecule has 0 spiro atoms. The Morgan fingerprint density at radius 2 is 1.89 bits per heavy atom. The van der Waals surface area contributed by atoms with Gasteiger partial charge < -0.3 is 19.7 Å². The number of nitrogens with zero attached hydrogens (tertiary/aromatic N) is 6. The quantitative estimate of drug-likeness (QED) is 0.356. The van der Waals surface area contributed by atoms with Gasteiger partial charge in [-0.1, -0.05) is 11.6 Å².